The van der Waals surface area contributed by atoms with Gasteiger partial charge >= 0.3 is 5.97 Å². The Labute approximate surface area is 104 Å². The number of aromatic nitrogens is 2. The molecule has 1 aromatic heterocycles. The maximum atomic E-state index is 10.6. The van der Waals surface area contributed by atoms with Gasteiger partial charge in [-0.1, -0.05) is 30.3 Å². The van der Waals surface area contributed by atoms with Crippen molar-refractivity contribution >= 4 is 5.97 Å². The molecule has 0 bridgehead atoms. The van der Waals surface area contributed by atoms with Crippen molar-refractivity contribution < 1.29 is 9.90 Å². The maximum Gasteiger partial charge on any atom is 0.320 e. The van der Waals surface area contributed by atoms with Crippen LogP contribution in [-0.4, -0.2) is 27.1 Å². The standard InChI is InChI=1S/C13H13N3O2/c14-11(13(17)18)6-12-15-7-10(8-16-12)9-4-2-1-3-5-9/h1-5,7-8,11H,6,14H2,(H,17,18). The van der Waals surface area contributed by atoms with Crippen molar-refractivity contribution in [1.29, 1.82) is 0 Å². The van der Waals surface area contributed by atoms with Gasteiger partial charge < -0.3 is 10.8 Å². The second kappa shape index (κ2) is 5.37. The summed E-state index contributed by atoms with van der Waals surface area (Å²) in [6, 6.07) is 8.76. The van der Waals surface area contributed by atoms with Crippen LogP contribution in [0, 0.1) is 0 Å². The van der Waals surface area contributed by atoms with Gasteiger partial charge in [0.15, 0.2) is 0 Å². The lowest BCUT2D eigenvalue weighted by Crippen LogP contribution is -2.32. The summed E-state index contributed by atoms with van der Waals surface area (Å²) in [5, 5.41) is 8.70. The van der Waals surface area contributed by atoms with E-state index in [4.69, 9.17) is 10.8 Å². The Balaban J connectivity index is 2.13. The molecule has 18 heavy (non-hydrogen) atoms. The largest absolute Gasteiger partial charge is 0.480 e. The summed E-state index contributed by atoms with van der Waals surface area (Å²) in [6.45, 7) is 0. The van der Waals surface area contributed by atoms with E-state index < -0.39 is 12.0 Å². The molecule has 0 amide bonds. The molecule has 0 aliphatic carbocycles. The number of hydrogen-bond donors (Lipinski definition) is 2. The highest BCUT2D eigenvalue weighted by Crippen LogP contribution is 2.16. The van der Waals surface area contributed by atoms with Crippen molar-refractivity contribution in [3.8, 4) is 11.1 Å². The molecule has 1 heterocycles. The Hall–Kier alpha value is -2.27. The molecule has 0 spiro atoms. The van der Waals surface area contributed by atoms with E-state index in [-0.39, 0.29) is 6.42 Å². The zero-order valence-electron chi connectivity index (χ0n) is 9.65. The minimum absolute atomic E-state index is 0.129. The van der Waals surface area contributed by atoms with Gasteiger partial charge in [0.1, 0.15) is 11.9 Å². The van der Waals surface area contributed by atoms with E-state index in [1.807, 2.05) is 30.3 Å². The molecule has 1 aromatic carbocycles. The molecule has 5 nitrogen and oxygen atoms in total. The Morgan fingerprint density at radius 3 is 2.33 bits per heavy atom. The monoisotopic (exact) mass is 243 g/mol. The third-order valence-electron chi connectivity index (χ3n) is 2.53. The number of carboxylic acid groups (broad SMARTS) is 1. The van der Waals surface area contributed by atoms with Gasteiger partial charge in [0.2, 0.25) is 0 Å². The summed E-state index contributed by atoms with van der Waals surface area (Å²) in [6.07, 6.45) is 3.48. The van der Waals surface area contributed by atoms with Crippen LogP contribution in [0.15, 0.2) is 42.7 Å². The van der Waals surface area contributed by atoms with Crippen LogP contribution in [0.3, 0.4) is 0 Å². The predicted octanol–water partition coefficient (Wildman–Crippen LogP) is 1.10. The fraction of sp³-hybridized carbons (Fsp3) is 0.154. The smallest absolute Gasteiger partial charge is 0.320 e. The quantitative estimate of drug-likeness (QED) is 0.839. The van der Waals surface area contributed by atoms with Crippen LogP contribution in [0.5, 0.6) is 0 Å². The Morgan fingerprint density at radius 1 is 1.17 bits per heavy atom. The van der Waals surface area contributed by atoms with Crippen molar-refractivity contribution in [3.05, 3.63) is 48.5 Å². The van der Waals surface area contributed by atoms with Gasteiger partial charge in [-0.3, -0.25) is 4.79 Å². The van der Waals surface area contributed by atoms with Gasteiger partial charge in [-0.2, -0.15) is 0 Å². The molecule has 2 aromatic rings. The van der Waals surface area contributed by atoms with Crippen LogP contribution in [0.2, 0.25) is 0 Å². The van der Waals surface area contributed by atoms with Crippen LogP contribution < -0.4 is 5.73 Å². The van der Waals surface area contributed by atoms with Crippen molar-refractivity contribution in [2.24, 2.45) is 5.73 Å². The third kappa shape index (κ3) is 2.89. The third-order valence-corrected chi connectivity index (χ3v) is 2.53. The number of nitrogens with two attached hydrogens (primary N) is 1. The molecule has 0 saturated carbocycles. The molecule has 0 aliphatic heterocycles. The first-order valence-corrected chi connectivity index (χ1v) is 5.51. The number of hydrogen-bond acceptors (Lipinski definition) is 4. The number of aliphatic carboxylic acids is 1. The summed E-state index contributed by atoms with van der Waals surface area (Å²) in [5.74, 6) is -0.615. The van der Waals surface area contributed by atoms with Crippen LogP contribution in [-0.2, 0) is 11.2 Å². The van der Waals surface area contributed by atoms with Gasteiger partial charge in [0.05, 0.1) is 0 Å². The lowest BCUT2D eigenvalue weighted by Gasteiger charge is -2.05. The highest BCUT2D eigenvalue weighted by atomic mass is 16.4. The Morgan fingerprint density at radius 2 is 1.78 bits per heavy atom. The second-order valence-electron chi connectivity index (χ2n) is 3.90. The van der Waals surface area contributed by atoms with E-state index in [0.29, 0.717) is 5.82 Å². The molecular weight excluding hydrogens is 230 g/mol. The van der Waals surface area contributed by atoms with Crippen molar-refractivity contribution in [2.75, 3.05) is 0 Å². The predicted molar refractivity (Wildman–Crippen MR) is 66.8 cm³/mol. The van der Waals surface area contributed by atoms with Crippen LogP contribution >= 0.6 is 0 Å². The molecule has 0 aliphatic rings. The summed E-state index contributed by atoms with van der Waals surface area (Å²) in [7, 11) is 0. The Bertz CT molecular complexity index is 526. The minimum atomic E-state index is -1.05. The number of benzene rings is 1. The van der Waals surface area contributed by atoms with E-state index in [1.165, 1.54) is 0 Å². The zero-order chi connectivity index (χ0) is 13.0. The van der Waals surface area contributed by atoms with E-state index >= 15 is 0 Å². The number of rotatable bonds is 4. The molecule has 5 heteroatoms. The number of carbonyl (C=O) groups is 1. The zero-order valence-corrected chi connectivity index (χ0v) is 9.65. The lowest BCUT2D eigenvalue weighted by molar-refractivity contribution is -0.138. The first-order valence-electron chi connectivity index (χ1n) is 5.51. The first-order chi connectivity index (χ1) is 8.66. The highest BCUT2D eigenvalue weighted by Gasteiger charge is 2.13. The summed E-state index contributed by atoms with van der Waals surface area (Å²) in [5.41, 5.74) is 7.33. The molecular formula is C13H13N3O2. The van der Waals surface area contributed by atoms with E-state index in [1.54, 1.807) is 12.4 Å². The van der Waals surface area contributed by atoms with Crippen molar-refractivity contribution in [3.63, 3.8) is 0 Å². The van der Waals surface area contributed by atoms with Gasteiger partial charge in [0, 0.05) is 24.4 Å². The maximum absolute atomic E-state index is 10.6. The molecule has 1 unspecified atom stereocenters. The number of nitrogens with zero attached hydrogens (tertiary/aromatic N) is 2. The van der Waals surface area contributed by atoms with Gasteiger partial charge in [0.25, 0.3) is 0 Å². The minimum Gasteiger partial charge on any atom is -0.480 e. The molecule has 0 fully saturated rings. The normalized spacial score (nSPS) is 12.1. The van der Waals surface area contributed by atoms with Crippen LogP contribution in [0.25, 0.3) is 11.1 Å². The molecule has 92 valence electrons. The average molecular weight is 243 g/mol. The van der Waals surface area contributed by atoms with Gasteiger partial charge in [-0.15, -0.1) is 0 Å². The van der Waals surface area contributed by atoms with Crippen molar-refractivity contribution in [1.82, 2.24) is 9.97 Å². The Kier molecular flexibility index (Phi) is 3.64. The van der Waals surface area contributed by atoms with Crippen LogP contribution in [0.4, 0.5) is 0 Å². The summed E-state index contributed by atoms with van der Waals surface area (Å²) in [4.78, 5) is 18.9. The molecule has 3 N–H and O–H groups in total. The second-order valence-corrected chi connectivity index (χ2v) is 3.90. The molecule has 0 radical (unpaired) electrons. The van der Waals surface area contributed by atoms with Crippen LogP contribution in [0.1, 0.15) is 5.82 Å². The van der Waals surface area contributed by atoms with Crippen molar-refractivity contribution in [2.45, 2.75) is 12.5 Å². The van der Waals surface area contributed by atoms with E-state index in [9.17, 15) is 4.79 Å². The lowest BCUT2D eigenvalue weighted by atomic mass is 10.1. The van der Waals surface area contributed by atoms with E-state index in [2.05, 4.69) is 9.97 Å². The molecule has 2 rings (SSSR count). The highest BCUT2D eigenvalue weighted by molar-refractivity contribution is 5.73. The van der Waals surface area contributed by atoms with Gasteiger partial charge in [-0.05, 0) is 5.56 Å². The fourth-order valence-electron chi connectivity index (χ4n) is 1.52. The summed E-state index contributed by atoms with van der Waals surface area (Å²) >= 11 is 0. The average Bonchev–Trinajstić information content (AvgIpc) is 2.40. The van der Waals surface area contributed by atoms with E-state index in [0.717, 1.165) is 11.1 Å². The molecule has 0 saturated heterocycles. The summed E-state index contributed by atoms with van der Waals surface area (Å²) < 4.78 is 0. The molecule has 1 atom stereocenters. The van der Waals surface area contributed by atoms with Gasteiger partial charge in [-0.25, -0.2) is 9.97 Å². The number of carboxylic acids is 1. The SMILES string of the molecule is NC(Cc1ncc(-c2ccccc2)cn1)C(=O)O. The topological polar surface area (TPSA) is 89.1 Å². The first kappa shape index (κ1) is 12.2. The fourth-order valence-corrected chi connectivity index (χ4v) is 1.52.